The number of carbonyl (C=O) groups is 2. The van der Waals surface area contributed by atoms with Crippen molar-refractivity contribution in [2.75, 3.05) is 32.7 Å². The first kappa shape index (κ1) is 30.5. The molecule has 0 saturated carbocycles. The van der Waals surface area contributed by atoms with Crippen molar-refractivity contribution in [1.29, 1.82) is 0 Å². The molecule has 220 valence electrons. The zero-order valence-electron chi connectivity index (χ0n) is 22.8. The van der Waals surface area contributed by atoms with Crippen molar-refractivity contribution >= 4 is 39.2 Å². The molecule has 1 heterocycles. The van der Waals surface area contributed by atoms with Crippen molar-refractivity contribution in [2.24, 2.45) is 0 Å². The Labute approximate surface area is 246 Å². The second-order valence-electron chi connectivity index (χ2n) is 8.78. The molecule has 3 N–H and O–H groups in total. The standard InChI is InChI=1S/C28H27ClN4O8S/c1-17-25(28(35)36)32-33(19-9-11-20(40-3)12-10-19)27(17)41-23-13-8-18(16-24(23)42(37,38)30-14-15-39-2)31-26(34)21-6-4-5-7-22(21)29/h4-13,16,30H,14-15H2,1-3H3,(H,31,34)(H,35,36). The third kappa shape index (κ3) is 6.71. The maximum atomic E-state index is 13.4. The summed E-state index contributed by atoms with van der Waals surface area (Å²) < 4.78 is 46.7. The number of amides is 1. The molecule has 0 unspecified atom stereocenters. The Balaban J connectivity index is 1.79. The Bertz CT molecular complexity index is 1720. The van der Waals surface area contributed by atoms with E-state index >= 15 is 0 Å². The summed E-state index contributed by atoms with van der Waals surface area (Å²) in [7, 11) is -1.28. The first-order chi connectivity index (χ1) is 20.1. The lowest BCUT2D eigenvalue weighted by atomic mass is 10.2. The highest BCUT2D eigenvalue weighted by Crippen LogP contribution is 2.35. The van der Waals surface area contributed by atoms with Crippen LogP contribution in [0.2, 0.25) is 5.02 Å². The summed E-state index contributed by atoms with van der Waals surface area (Å²) in [6.45, 7) is 1.55. The Hall–Kier alpha value is -4.43. The average molecular weight is 615 g/mol. The van der Waals surface area contributed by atoms with E-state index in [4.69, 9.17) is 25.8 Å². The maximum Gasteiger partial charge on any atom is 0.356 e. The van der Waals surface area contributed by atoms with E-state index in [-0.39, 0.29) is 57.2 Å². The van der Waals surface area contributed by atoms with Crippen molar-refractivity contribution in [3.63, 3.8) is 0 Å². The fraction of sp³-hybridized carbons (Fsp3) is 0.179. The highest BCUT2D eigenvalue weighted by Gasteiger charge is 2.26. The van der Waals surface area contributed by atoms with Crippen molar-refractivity contribution < 1.29 is 37.3 Å². The fourth-order valence-electron chi connectivity index (χ4n) is 3.89. The van der Waals surface area contributed by atoms with Crippen molar-refractivity contribution in [1.82, 2.24) is 14.5 Å². The van der Waals surface area contributed by atoms with Crippen molar-refractivity contribution in [2.45, 2.75) is 11.8 Å². The van der Waals surface area contributed by atoms with E-state index in [0.29, 0.717) is 11.4 Å². The number of rotatable bonds is 12. The summed E-state index contributed by atoms with van der Waals surface area (Å²) in [5, 5.41) is 16.8. The second-order valence-corrected chi connectivity index (χ2v) is 10.9. The van der Waals surface area contributed by atoms with Gasteiger partial charge in [-0.05, 0) is 61.5 Å². The predicted octanol–water partition coefficient (Wildman–Crippen LogP) is 4.51. The van der Waals surface area contributed by atoms with Gasteiger partial charge in [0.15, 0.2) is 5.69 Å². The number of nitrogens with zero attached hydrogens (tertiary/aromatic N) is 2. The smallest absolute Gasteiger partial charge is 0.356 e. The number of benzene rings is 3. The minimum absolute atomic E-state index is 0.0289. The SMILES string of the molecule is COCCNS(=O)(=O)c1cc(NC(=O)c2ccccc2Cl)ccc1Oc1c(C)c(C(=O)O)nn1-c1ccc(OC)cc1. The summed E-state index contributed by atoms with van der Waals surface area (Å²) in [6.07, 6.45) is 0. The van der Waals surface area contributed by atoms with E-state index in [1.165, 1.54) is 50.1 Å². The van der Waals surface area contributed by atoms with Gasteiger partial charge < -0.3 is 24.6 Å². The van der Waals surface area contributed by atoms with Crippen LogP contribution in [0.3, 0.4) is 0 Å². The van der Waals surface area contributed by atoms with Crippen LogP contribution in [-0.4, -0.2) is 62.6 Å². The van der Waals surface area contributed by atoms with Gasteiger partial charge in [-0.25, -0.2) is 17.9 Å². The summed E-state index contributed by atoms with van der Waals surface area (Å²) >= 11 is 6.14. The van der Waals surface area contributed by atoms with E-state index in [1.807, 2.05) is 0 Å². The first-order valence-electron chi connectivity index (χ1n) is 12.4. The molecule has 0 radical (unpaired) electrons. The van der Waals surface area contributed by atoms with Gasteiger partial charge in [-0.3, -0.25) is 4.79 Å². The summed E-state index contributed by atoms with van der Waals surface area (Å²) in [5.41, 5.74) is 0.651. The first-order valence-corrected chi connectivity index (χ1v) is 14.3. The lowest BCUT2D eigenvalue weighted by Gasteiger charge is -2.16. The number of methoxy groups -OCH3 is 2. The number of carboxylic acids is 1. The van der Waals surface area contributed by atoms with Crippen LogP contribution in [0.15, 0.2) is 71.6 Å². The molecule has 1 amide bonds. The number of aromatic carboxylic acids is 1. The molecule has 4 aromatic rings. The molecule has 3 aromatic carbocycles. The molecule has 42 heavy (non-hydrogen) atoms. The van der Waals surface area contributed by atoms with Gasteiger partial charge in [0.2, 0.25) is 15.9 Å². The molecular weight excluding hydrogens is 588 g/mol. The number of nitrogens with one attached hydrogen (secondary N) is 2. The summed E-state index contributed by atoms with van der Waals surface area (Å²) in [4.78, 5) is 24.4. The second kappa shape index (κ2) is 13.0. The van der Waals surface area contributed by atoms with E-state index < -0.39 is 21.9 Å². The van der Waals surface area contributed by atoms with E-state index in [9.17, 15) is 23.1 Å². The predicted molar refractivity (Wildman–Crippen MR) is 155 cm³/mol. The lowest BCUT2D eigenvalue weighted by Crippen LogP contribution is -2.27. The van der Waals surface area contributed by atoms with E-state index in [0.717, 1.165) is 0 Å². The molecule has 1 aromatic heterocycles. The van der Waals surface area contributed by atoms with Crippen LogP contribution in [0.5, 0.6) is 17.4 Å². The number of carbonyl (C=O) groups excluding carboxylic acids is 1. The molecule has 0 spiro atoms. The summed E-state index contributed by atoms with van der Waals surface area (Å²) in [5.74, 6) is -1.46. The Morgan fingerprint density at radius 2 is 1.76 bits per heavy atom. The number of ether oxygens (including phenoxy) is 3. The highest BCUT2D eigenvalue weighted by molar-refractivity contribution is 7.89. The zero-order valence-corrected chi connectivity index (χ0v) is 24.3. The van der Waals surface area contributed by atoms with Crippen LogP contribution in [0.4, 0.5) is 5.69 Å². The third-order valence-corrected chi connectivity index (χ3v) is 7.81. The fourth-order valence-corrected chi connectivity index (χ4v) is 5.27. The minimum atomic E-state index is -4.22. The van der Waals surface area contributed by atoms with Crippen molar-refractivity contribution in [3.8, 4) is 23.1 Å². The molecule has 0 atom stereocenters. The molecule has 0 aliphatic rings. The number of halogens is 1. The van der Waals surface area contributed by atoms with Crippen LogP contribution in [0.25, 0.3) is 5.69 Å². The van der Waals surface area contributed by atoms with Crippen LogP contribution in [-0.2, 0) is 14.8 Å². The molecule has 0 aliphatic heterocycles. The van der Waals surface area contributed by atoms with Crippen molar-refractivity contribution in [3.05, 3.63) is 88.6 Å². The molecule has 14 heteroatoms. The molecule has 12 nitrogen and oxygen atoms in total. The molecule has 0 saturated heterocycles. The maximum absolute atomic E-state index is 13.4. The van der Waals surface area contributed by atoms with E-state index in [2.05, 4.69) is 15.1 Å². The third-order valence-electron chi connectivity index (χ3n) is 6.00. The Kier molecular flexibility index (Phi) is 9.48. The normalized spacial score (nSPS) is 11.2. The topological polar surface area (TPSA) is 158 Å². The average Bonchev–Trinajstić information content (AvgIpc) is 3.30. The van der Waals surface area contributed by atoms with Gasteiger partial charge in [-0.1, -0.05) is 23.7 Å². The van der Waals surface area contributed by atoms with E-state index in [1.54, 1.807) is 42.5 Å². The summed E-state index contributed by atoms with van der Waals surface area (Å²) in [6, 6.07) is 17.0. The van der Waals surface area contributed by atoms with Crippen LogP contribution < -0.4 is 19.5 Å². The highest BCUT2D eigenvalue weighted by atomic mass is 35.5. The zero-order chi connectivity index (χ0) is 30.4. The molecule has 4 rings (SSSR count). The number of sulfonamides is 1. The largest absolute Gasteiger partial charge is 0.497 e. The molecule has 0 aliphatic carbocycles. The monoisotopic (exact) mass is 614 g/mol. The quantitative estimate of drug-likeness (QED) is 0.195. The number of hydrogen-bond donors (Lipinski definition) is 3. The Morgan fingerprint density at radius 3 is 2.40 bits per heavy atom. The number of carboxylic acid groups (broad SMARTS) is 1. The van der Waals surface area contributed by atoms with Gasteiger partial charge in [-0.2, -0.15) is 9.78 Å². The molecular formula is C28H27ClN4O8S. The van der Waals surface area contributed by atoms with Gasteiger partial charge in [0.05, 0.1) is 30.0 Å². The number of aromatic nitrogens is 2. The van der Waals surface area contributed by atoms with Crippen LogP contribution in [0, 0.1) is 6.92 Å². The van der Waals surface area contributed by atoms with Gasteiger partial charge in [-0.15, -0.1) is 0 Å². The van der Waals surface area contributed by atoms with Gasteiger partial charge in [0.25, 0.3) is 5.91 Å². The lowest BCUT2D eigenvalue weighted by molar-refractivity contribution is 0.0689. The minimum Gasteiger partial charge on any atom is -0.497 e. The number of anilines is 1. The van der Waals surface area contributed by atoms with Gasteiger partial charge in [0, 0.05) is 24.9 Å². The van der Waals surface area contributed by atoms with Crippen LogP contribution in [0.1, 0.15) is 26.4 Å². The Morgan fingerprint density at radius 1 is 1.05 bits per heavy atom. The van der Waals surface area contributed by atoms with Crippen LogP contribution >= 0.6 is 11.6 Å². The molecule has 0 bridgehead atoms. The molecule has 0 fully saturated rings. The van der Waals surface area contributed by atoms with Gasteiger partial charge in [0.1, 0.15) is 16.4 Å². The van der Waals surface area contributed by atoms with Gasteiger partial charge >= 0.3 is 5.97 Å². The number of hydrogen-bond acceptors (Lipinski definition) is 8.